The monoisotopic (exact) mass is 329 g/mol. The Morgan fingerprint density at radius 2 is 2.08 bits per heavy atom. The molecule has 1 fully saturated rings. The summed E-state index contributed by atoms with van der Waals surface area (Å²) in [6.07, 6.45) is 4.40. The van der Waals surface area contributed by atoms with Gasteiger partial charge in [-0.25, -0.2) is 15.0 Å². The number of rotatable bonds is 7. The summed E-state index contributed by atoms with van der Waals surface area (Å²) >= 11 is 0. The maximum Gasteiger partial charge on any atom is 0.212 e. The average molecular weight is 329 g/mol. The number of nitrogens with one attached hydrogen (secondary N) is 1. The molecule has 3 rings (SSSR count). The molecule has 2 aromatic heterocycles. The fourth-order valence-corrected chi connectivity index (χ4v) is 2.61. The molecular weight excluding hydrogens is 306 g/mol. The third kappa shape index (κ3) is 4.62. The highest BCUT2D eigenvalue weighted by Crippen LogP contribution is 2.19. The molecular formula is C17H23N5O2. The summed E-state index contributed by atoms with van der Waals surface area (Å²) in [7, 11) is 1.60. The predicted molar refractivity (Wildman–Crippen MR) is 92.2 cm³/mol. The first-order chi connectivity index (χ1) is 11.8. The van der Waals surface area contributed by atoms with Crippen molar-refractivity contribution in [3.8, 4) is 17.1 Å². The van der Waals surface area contributed by atoms with E-state index >= 15 is 0 Å². The largest absolute Gasteiger partial charge is 0.481 e. The van der Waals surface area contributed by atoms with E-state index in [2.05, 4.69) is 25.2 Å². The zero-order valence-electron chi connectivity index (χ0n) is 13.9. The minimum atomic E-state index is 0.592. The smallest absolute Gasteiger partial charge is 0.212 e. The van der Waals surface area contributed by atoms with Crippen LogP contribution in [0.5, 0.6) is 5.88 Å². The van der Waals surface area contributed by atoms with E-state index in [4.69, 9.17) is 9.47 Å². The predicted octanol–water partition coefficient (Wildman–Crippen LogP) is 1.68. The number of ether oxygens (including phenoxy) is 2. The fourth-order valence-electron chi connectivity index (χ4n) is 2.61. The summed E-state index contributed by atoms with van der Waals surface area (Å²) in [6, 6.07) is 5.71. The molecule has 7 heteroatoms. The molecule has 24 heavy (non-hydrogen) atoms. The Balaban J connectivity index is 1.51. The quantitative estimate of drug-likeness (QED) is 0.775. The molecule has 7 nitrogen and oxygen atoms in total. The lowest BCUT2D eigenvalue weighted by Crippen LogP contribution is -2.37. The van der Waals surface area contributed by atoms with Gasteiger partial charge in [-0.05, 0) is 19.0 Å². The highest BCUT2D eigenvalue weighted by atomic mass is 16.5. The van der Waals surface area contributed by atoms with Crippen LogP contribution in [0, 0.1) is 0 Å². The van der Waals surface area contributed by atoms with E-state index < -0.39 is 0 Å². The molecule has 0 bridgehead atoms. The Bertz CT molecular complexity index is 629. The third-order valence-electron chi connectivity index (χ3n) is 3.97. The van der Waals surface area contributed by atoms with Crippen LogP contribution in [0.3, 0.4) is 0 Å². The number of morpholine rings is 1. The Hall–Kier alpha value is -2.25. The van der Waals surface area contributed by atoms with Crippen molar-refractivity contribution in [1.29, 1.82) is 0 Å². The van der Waals surface area contributed by atoms with Gasteiger partial charge in [-0.1, -0.05) is 0 Å². The number of pyridine rings is 1. The summed E-state index contributed by atoms with van der Waals surface area (Å²) in [5, 5.41) is 3.36. The Kier molecular flexibility index (Phi) is 5.92. The minimum Gasteiger partial charge on any atom is -0.481 e. The maximum absolute atomic E-state index is 5.36. The van der Waals surface area contributed by atoms with E-state index in [9.17, 15) is 0 Å². The van der Waals surface area contributed by atoms with Gasteiger partial charge < -0.3 is 14.8 Å². The van der Waals surface area contributed by atoms with Crippen LogP contribution in [-0.4, -0.2) is 66.4 Å². The van der Waals surface area contributed by atoms with Crippen LogP contribution in [-0.2, 0) is 4.74 Å². The normalized spacial score (nSPS) is 15.2. The molecule has 1 saturated heterocycles. The van der Waals surface area contributed by atoms with Gasteiger partial charge in [-0.2, -0.15) is 0 Å². The number of nitrogens with zero attached hydrogens (tertiary/aromatic N) is 4. The van der Waals surface area contributed by atoms with Crippen molar-refractivity contribution in [2.24, 2.45) is 0 Å². The SMILES string of the molecule is COc1ccc(-c2cc(NCCCN3CCOCC3)ncn2)cn1. The van der Waals surface area contributed by atoms with Crippen LogP contribution in [0.4, 0.5) is 5.82 Å². The molecule has 0 radical (unpaired) electrons. The minimum absolute atomic E-state index is 0.592. The van der Waals surface area contributed by atoms with Crippen molar-refractivity contribution in [2.75, 3.05) is 51.8 Å². The molecule has 0 atom stereocenters. The number of aromatic nitrogens is 3. The van der Waals surface area contributed by atoms with Crippen molar-refractivity contribution in [3.05, 3.63) is 30.7 Å². The van der Waals surface area contributed by atoms with Gasteiger partial charge in [0.15, 0.2) is 0 Å². The first kappa shape index (κ1) is 16.6. The van der Waals surface area contributed by atoms with E-state index in [0.29, 0.717) is 5.88 Å². The molecule has 0 aromatic carbocycles. The molecule has 0 spiro atoms. The topological polar surface area (TPSA) is 72.4 Å². The summed E-state index contributed by atoms with van der Waals surface area (Å²) in [4.78, 5) is 15.2. The van der Waals surface area contributed by atoms with Crippen molar-refractivity contribution < 1.29 is 9.47 Å². The zero-order chi connectivity index (χ0) is 16.6. The van der Waals surface area contributed by atoms with Gasteiger partial charge in [-0.3, -0.25) is 4.90 Å². The lowest BCUT2D eigenvalue weighted by atomic mass is 10.2. The number of anilines is 1. The fraction of sp³-hybridized carbons (Fsp3) is 0.471. The maximum atomic E-state index is 5.36. The van der Waals surface area contributed by atoms with E-state index in [0.717, 1.165) is 62.9 Å². The van der Waals surface area contributed by atoms with Gasteiger partial charge in [0.2, 0.25) is 5.88 Å². The van der Waals surface area contributed by atoms with Gasteiger partial charge in [0.25, 0.3) is 0 Å². The van der Waals surface area contributed by atoms with Crippen molar-refractivity contribution in [2.45, 2.75) is 6.42 Å². The second-order valence-electron chi connectivity index (χ2n) is 5.61. The molecule has 128 valence electrons. The molecule has 1 aliphatic heterocycles. The van der Waals surface area contributed by atoms with Crippen molar-refractivity contribution in [3.63, 3.8) is 0 Å². The first-order valence-corrected chi connectivity index (χ1v) is 8.21. The van der Waals surface area contributed by atoms with Crippen molar-refractivity contribution in [1.82, 2.24) is 19.9 Å². The van der Waals surface area contributed by atoms with Gasteiger partial charge in [0.05, 0.1) is 26.0 Å². The molecule has 1 N–H and O–H groups in total. The second kappa shape index (κ2) is 8.56. The van der Waals surface area contributed by atoms with Gasteiger partial charge in [-0.15, -0.1) is 0 Å². The van der Waals surface area contributed by atoms with Crippen molar-refractivity contribution >= 4 is 5.82 Å². The van der Waals surface area contributed by atoms with Gasteiger partial charge in [0, 0.05) is 43.5 Å². The molecule has 0 unspecified atom stereocenters. The van der Waals surface area contributed by atoms with Crippen LogP contribution in [0.2, 0.25) is 0 Å². The van der Waals surface area contributed by atoms with E-state index in [-0.39, 0.29) is 0 Å². The number of hydrogen-bond donors (Lipinski definition) is 1. The van der Waals surface area contributed by atoms with E-state index in [1.165, 1.54) is 0 Å². The third-order valence-corrected chi connectivity index (χ3v) is 3.97. The molecule has 2 aromatic rings. The lowest BCUT2D eigenvalue weighted by molar-refractivity contribution is 0.0378. The molecule has 3 heterocycles. The standard InChI is InChI=1S/C17H23N5O2/c1-23-17-4-3-14(12-19-17)15-11-16(21-13-20-15)18-5-2-6-22-7-9-24-10-8-22/h3-4,11-13H,2,5-10H2,1H3,(H,18,20,21). The lowest BCUT2D eigenvalue weighted by Gasteiger charge is -2.26. The van der Waals surface area contributed by atoms with E-state index in [1.807, 2.05) is 18.2 Å². The second-order valence-corrected chi connectivity index (χ2v) is 5.61. The summed E-state index contributed by atoms with van der Waals surface area (Å²) in [5.74, 6) is 1.42. The van der Waals surface area contributed by atoms with Gasteiger partial charge >= 0.3 is 0 Å². The highest BCUT2D eigenvalue weighted by Gasteiger charge is 2.09. The van der Waals surface area contributed by atoms with Crippen LogP contribution < -0.4 is 10.1 Å². The van der Waals surface area contributed by atoms with Crippen LogP contribution in [0.25, 0.3) is 11.3 Å². The zero-order valence-corrected chi connectivity index (χ0v) is 13.9. The summed E-state index contributed by atoms with van der Waals surface area (Å²) < 4.78 is 10.4. The number of methoxy groups -OCH3 is 1. The summed E-state index contributed by atoms with van der Waals surface area (Å²) in [5.41, 5.74) is 1.78. The summed E-state index contributed by atoms with van der Waals surface area (Å²) in [6.45, 7) is 5.72. The molecule has 0 amide bonds. The van der Waals surface area contributed by atoms with Crippen LogP contribution in [0.15, 0.2) is 30.7 Å². The molecule has 1 aliphatic rings. The van der Waals surface area contributed by atoms with Crippen LogP contribution in [0.1, 0.15) is 6.42 Å². The molecule has 0 saturated carbocycles. The van der Waals surface area contributed by atoms with Crippen LogP contribution >= 0.6 is 0 Å². The molecule has 0 aliphatic carbocycles. The Morgan fingerprint density at radius 3 is 2.83 bits per heavy atom. The Labute approximate surface area is 142 Å². The Morgan fingerprint density at radius 1 is 1.21 bits per heavy atom. The van der Waals surface area contributed by atoms with E-state index in [1.54, 1.807) is 19.6 Å². The first-order valence-electron chi connectivity index (χ1n) is 8.21. The number of hydrogen-bond acceptors (Lipinski definition) is 7. The average Bonchev–Trinajstić information content (AvgIpc) is 2.66. The highest BCUT2D eigenvalue weighted by molar-refractivity contribution is 5.61. The van der Waals surface area contributed by atoms with Gasteiger partial charge in [0.1, 0.15) is 12.1 Å².